The molecule has 3 rings (SSSR count). The summed E-state index contributed by atoms with van der Waals surface area (Å²) in [5, 5.41) is 14.0. The zero-order valence-electron chi connectivity index (χ0n) is 14.1. The maximum absolute atomic E-state index is 12.3. The van der Waals surface area contributed by atoms with E-state index in [0.717, 1.165) is 12.4 Å². The molecule has 0 bridgehead atoms. The normalized spacial score (nSPS) is 10.8. The standard InChI is InChI=1S/C16H13Cl2N3O6/c1-24-7-8-3-9-12(4-19-15(25-2)14(9)26-8)27-16(22)20-13-10(17)5-21(23)6-11(13)18/h3-6H,7H2,1-2H3,(H,20,22). The van der Waals surface area contributed by atoms with Crippen LogP contribution in [0.1, 0.15) is 5.76 Å². The summed E-state index contributed by atoms with van der Waals surface area (Å²) in [5.74, 6) is 0.851. The Labute approximate surface area is 162 Å². The van der Waals surface area contributed by atoms with Crippen LogP contribution < -0.4 is 19.5 Å². The Morgan fingerprint density at radius 3 is 2.67 bits per heavy atom. The number of pyridine rings is 2. The number of rotatable bonds is 5. The highest BCUT2D eigenvalue weighted by molar-refractivity contribution is 6.39. The molecule has 0 spiro atoms. The van der Waals surface area contributed by atoms with Crippen molar-refractivity contribution in [2.45, 2.75) is 6.61 Å². The van der Waals surface area contributed by atoms with Gasteiger partial charge in [-0.1, -0.05) is 23.2 Å². The molecule has 3 aromatic heterocycles. The van der Waals surface area contributed by atoms with Crippen LogP contribution >= 0.6 is 23.2 Å². The summed E-state index contributed by atoms with van der Waals surface area (Å²) in [6.07, 6.45) is 2.52. The first-order chi connectivity index (χ1) is 12.9. The lowest BCUT2D eigenvalue weighted by atomic mass is 10.3. The minimum absolute atomic E-state index is 0.0420. The predicted molar refractivity (Wildman–Crippen MR) is 96.3 cm³/mol. The molecule has 0 aromatic carbocycles. The van der Waals surface area contributed by atoms with Gasteiger partial charge in [0.25, 0.3) is 5.88 Å². The van der Waals surface area contributed by atoms with Gasteiger partial charge in [-0.2, -0.15) is 4.73 Å². The molecule has 1 N–H and O–H groups in total. The molecule has 0 saturated carbocycles. The van der Waals surface area contributed by atoms with Gasteiger partial charge >= 0.3 is 6.09 Å². The molecule has 3 heterocycles. The van der Waals surface area contributed by atoms with E-state index < -0.39 is 6.09 Å². The summed E-state index contributed by atoms with van der Waals surface area (Å²) < 4.78 is 21.5. The van der Waals surface area contributed by atoms with Gasteiger partial charge in [0.2, 0.25) is 12.4 Å². The molecular formula is C16H13Cl2N3O6. The van der Waals surface area contributed by atoms with Gasteiger partial charge in [0.05, 0.1) is 24.4 Å². The second-order valence-corrected chi connectivity index (χ2v) is 6.04. The van der Waals surface area contributed by atoms with Gasteiger partial charge in [0.15, 0.2) is 11.3 Å². The van der Waals surface area contributed by atoms with Crippen LogP contribution in [0.3, 0.4) is 0 Å². The van der Waals surface area contributed by atoms with Crippen molar-refractivity contribution in [3.8, 4) is 11.6 Å². The molecule has 0 saturated heterocycles. The molecule has 27 heavy (non-hydrogen) atoms. The summed E-state index contributed by atoms with van der Waals surface area (Å²) >= 11 is 11.8. The molecule has 0 fully saturated rings. The minimum Gasteiger partial charge on any atom is -0.619 e. The van der Waals surface area contributed by atoms with E-state index in [0.29, 0.717) is 21.5 Å². The van der Waals surface area contributed by atoms with Crippen LogP contribution in [-0.4, -0.2) is 25.3 Å². The van der Waals surface area contributed by atoms with Crippen LogP contribution in [0.25, 0.3) is 11.0 Å². The number of methoxy groups -OCH3 is 2. The van der Waals surface area contributed by atoms with Crippen molar-refractivity contribution < 1.29 is 28.2 Å². The molecule has 0 aliphatic rings. The highest BCUT2D eigenvalue weighted by Crippen LogP contribution is 2.34. The number of nitrogens with zero attached hydrogens (tertiary/aromatic N) is 2. The second kappa shape index (κ2) is 7.87. The van der Waals surface area contributed by atoms with Crippen LogP contribution in [0, 0.1) is 5.21 Å². The van der Waals surface area contributed by atoms with Crippen molar-refractivity contribution in [3.05, 3.63) is 45.7 Å². The van der Waals surface area contributed by atoms with Gasteiger partial charge in [0, 0.05) is 7.11 Å². The number of carbonyl (C=O) groups excluding carboxylic acids is 1. The number of furan rings is 1. The van der Waals surface area contributed by atoms with Gasteiger partial charge < -0.3 is 23.8 Å². The molecule has 142 valence electrons. The van der Waals surface area contributed by atoms with Gasteiger partial charge in [-0.3, -0.25) is 5.32 Å². The van der Waals surface area contributed by atoms with Crippen LogP contribution in [0.4, 0.5) is 10.5 Å². The average molecular weight is 414 g/mol. The zero-order chi connectivity index (χ0) is 19.6. The van der Waals surface area contributed by atoms with E-state index >= 15 is 0 Å². The van der Waals surface area contributed by atoms with Crippen molar-refractivity contribution in [2.75, 3.05) is 19.5 Å². The highest BCUT2D eigenvalue weighted by Gasteiger charge is 2.20. The number of hydrogen-bond acceptors (Lipinski definition) is 7. The van der Waals surface area contributed by atoms with E-state index in [1.165, 1.54) is 20.4 Å². The van der Waals surface area contributed by atoms with Gasteiger partial charge in [-0.15, -0.1) is 0 Å². The minimum atomic E-state index is -0.884. The molecule has 0 unspecified atom stereocenters. The third-order valence-electron chi connectivity index (χ3n) is 3.41. The molecule has 0 aliphatic heterocycles. The summed E-state index contributed by atoms with van der Waals surface area (Å²) in [6.45, 7) is 0.216. The van der Waals surface area contributed by atoms with Crippen LogP contribution in [-0.2, 0) is 11.3 Å². The smallest absolute Gasteiger partial charge is 0.417 e. The van der Waals surface area contributed by atoms with Crippen LogP contribution in [0.2, 0.25) is 10.0 Å². The Bertz CT molecular complexity index is 984. The van der Waals surface area contributed by atoms with E-state index in [4.69, 9.17) is 41.8 Å². The maximum Gasteiger partial charge on any atom is 0.417 e. The predicted octanol–water partition coefficient (Wildman–Crippen LogP) is 3.53. The fraction of sp³-hybridized carbons (Fsp3) is 0.188. The Morgan fingerprint density at radius 1 is 1.33 bits per heavy atom. The molecule has 3 aromatic rings. The summed E-state index contributed by atoms with van der Waals surface area (Å²) in [7, 11) is 2.96. The monoisotopic (exact) mass is 413 g/mol. The fourth-order valence-electron chi connectivity index (χ4n) is 2.32. The van der Waals surface area contributed by atoms with Crippen molar-refractivity contribution in [3.63, 3.8) is 0 Å². The van der Waals surface area contributed by atoms with E-state index in [9.17, 15) is 10.0 Å². The molecule has 0 atom stereocenters. The zero-order valence-corrected chi connectivity index (χ0v) is 15.6. The Balaban J connectivity index is 1.89. The summed E-state index contributed by atoms with van der Waals surface area (Å²) in [6, 6.07) is 1.65. The van der Waals surface area contributed by atoms with E-state index in [2.05, 4.69) is 10.3 Å². The molecule has 9 nitrogen and oxygen atoms in total. The third kappa shape index (κ3) is 4.00. The molecule has 11 heteroatoms. The highest BCUT2D eigenvalue weighted by atomic mass is 35.5. The Kier molecular flexibility index (Phi) is 5.54. The number of nitrogens with one attached hydrogen (secondary N) is 1. The molecule has 1 amide bonds. The lowest BCUT2D eigenvalue weighted by Gasteiger charge is -2.10. The van der Waals surface area contributed by atoms with Gasteiger partial charge in [-0.25, -0.2) is 9.78 Å². The lowest BCUT2D eigenvalue weighted by Crippen LogP contribution is -2.26. The quantitative estimate of drug-likeness (QED) is 0.502. The first-order valence-electron chi connectivity index (χ1n) is 7.44. The number of ether oxygens (including phenoxy) is 3. The number of amides is 1. The molecular weight excluding hydrogens is 401 g/mol. The van der Waals surface area contributed by atoms with Gasteiger partial charge in [0.1, 0.15) is 22.4 Å². The second-order valence-electron chi connectivity index (χ2n) is 5.22. The number of hydrogen-bond donors (Lipinski definition) is 1. The maximum atomic E-state index is 12.3. The van der Waals surface area contributed by atoms with E-state index in [1.807, 2.05) is 0 Å². The number of aromatic nitrogens is 2. The van der Waals surface area contributed by atoms with E-state index in [1.54, 1.807) is 6.07 Å². The van der Waals surface area contributed by atoms with Crippen LogP contribution in [0.15, 0.2) is 29.1 Å². The third-order valence-corrected chi connectivity index (χ3v) is 3.98. The van der Waals surface area contributed by atoms with Crippen molar-refractivity contribution in [1.82, 2.24) is 4.98 Å². The number of halogens is 2. The summed E-state index contributed by atoms with van der Waals surface area (Å²) in [5.41, 5.74) is 0.346. The van der Waals surface area contributed by atoms with Gasteiger partial charge in [-0.05, 0) is 6.07 Å². The van der Waals surface area contributed by atoms with Crippen molar-refractivity contribution in [1.29, 1.82) is 0 Å². The number of anilines is 1. The number of carbonyl (C=O) groups is 1. The van der Waals surface area contributed by atoms with Crippen LogP contribution in [0.5, 0.6) is 11.6 Å². The topological polar surface area (TPSA) is 110 Å². The first-order valence-corrected chi connectivity index (χ1v) is 8.19. The Hall–Kier alpha value is -2.75. The molecule has 0 radical (unpaired) electrons. The average Bonchev–Trinajstić information content (AvgIpc) is 3.03. The lowest BCUT2D eigenvalue weighted by molar-refractivity contribution is -0.605. The number of fused-ring (bicyclic) bond motifs is 1. The first kappa shape index (κ1) is 19.0. The van der Waals surface area contributed by atoms with Crippen molar-refractivity contribution >= 4 is 46.0 Å². The van der Waals surface area contributed by atoms with Crippen molar-refractivity contribution in [2.24, 2.45) is 0 Å². The SMILES string of the molecule is COCc1cc2c(OC(=O)Nc3c(Cl)c[n+]([O-])cc3Cl)cnc(OC)c2o1. The Morgan fingerprint density at radius 2 is 2.04 bits per heavy atom. The largest absolute Gasteiger partial charge is 0.619 e. The molecule has 0 aliphatic carbocycles. The van der Waals surface area contributed by atoms with E-state index in [-0.39, 0.29) is 34.0 Å². The summed E-state index contributed by atoms with van der Waals surface area (Å²) in [4.78, 5) is 16.3. The fourth-order valence-corrected chi connectivity index (χ4v) is 2.86.